The van der Waals surface area contributed by atoms with Crippen molar-refractivity contribution in [1.29, 1.82) is 0 Å². The van der Waals surface area contributed by atoms with Crippen LogP contribution in [0.1, 0.15) is 34.5 Å². The maximum Gasteiger partial charge on any atom is 0.280 e. The molecular formula is C15H17N2O4S-. The predicted molar refractivity (Wildman–Crippen MR) is 77.5 cm³/mol. The molecule has 118 valence electrons. The number of carboxylic acids is 1. The van der Waals surface area contributed by atoms with Crippen LogP contribution in [-0.2, 0) is 9.59 Å². The van der Waals surface area contributed by atoms with Gasteiger partial charge in [0.25, 0.3) is 5.91 Å². The molecule has 6 nitrogen and oxygen atoms in total. The van der Waals surface area contributed by atoms with Crippen LogP contribution in [0.4, 0.5) is 0 Å². The van der Waals surface area contributed by atoms with Crippen LogP contribution in [0.2, 0.25) is 0 Å². The Morgan fingerprint density at radius 3 is 2.45 bits per heavy atom. The van der Waals surface area contributed by atoms with Crippen molar-refractivity contribution < 1.29 is 19.5 Å². The van der Waals surface area contributed by atoms with Gasteiger partial charge in [-0.05, 0) is 55.0 Å². The molecule has 0 aliphatic heterocycles. The van der Waals surface area contributed by atoms with E-state index in [2.05, 4.69) is 10.9 Å². The number of hydrogen-bond donors (Lipinski definition) is 2. The van der Waals surface area contributed by atoms with E-state index in [9.17, 15) is 19.5 Å². The molecule has 0 spiro atoms. The van der Waals surface area contributed by atoms with E-state index in [1.54, 1.807) is 5.38 Å². The van der Waals surface area contributed by atoms with E-state index >= 15 is 0 Å². The standard InChI is InChI=1S/C15H18N2O4S/c1-7-4-5-22-12(7)14(19)17-16-13(18)10-8-2-3-9(6-8)11(10)15(20)21/h4-5,8-11H,2-3,6H2,1H3,(H,16,18)(H,17,19)(H,20,21)/p-1/t8-,9+,10-,11+/m1/s1. The third-order valence-electron chi connectivity index (χ3n) is 4.86. The monoisotopic (exact) mass is 321 g/mol. The Morgan fingerprint density at radius 2 is 1.86 bits per heavy atom. The number of aryl methyl sites for hydroxylation is 1. The van der Waals surface area contributed by atoms with E-state index in [1.165, 1.54) is 11.3 Å². The second kappa shape index (κ2) is 5.72. The number of thiophene rings is 1. The minimum absolute atomic E-state index is 0.0287. The number of amides is 2. The highest BCUT2D eigenvalue weighted by Gasteiger charge is 2.51. The van der Waals surface area contributed by atoms with Gasteiger partial charge in [0.15, 0.2) is 0 Å². The van der Waals surface area contributed by atoms with Crippen molar-refractivity contribution in [2.45, 2.75) is 26.2 Å². The van der Waals surface area contributed by atoms with Crippen molar-refractivity contribution in [3.63, 3.8) is 0 Å². The lowest BCUT2D eigenvalue weighted by molar-refractivity contribution is -0.314. The molecule has 2 fully saturated rings. The van der Waals surface area contributed by atoms with E-state index in [0.29, 0.717) is 4.88 Å². The zero-order valence-electron chi connectivity index (χ0n) is 12.1. The number of aliphatic carboxylic acids is 1. The van der Waals surface area contributed by atoms with Crippen LogP contribution in [0.25, 0.3) is 0 Å². The SMILES string of the molecule is Cc1ccsc1C(=O)NNC(=O)[C@@H]1[C@@H]2CC[C@@H](C2)[C@@H]1C(=O)[O-]. The van der Waals surface area contributed by atoms with Gasteiger partial charge in [-0.25, -0.2) is 0 Å². The van der Waals surface area contributed by atoms with Gasteiger partial charge in [-0.3, -0.25) is 20.4 Å². The Bertz CT molecular complexity index is 627. The molecule has 0 radical (unpaired) electrons. The first kappa shape index (κ1) is 15.0. The molecule has 2 amide bonds. The maximum atomic E-state index is 12.3. The summed E-state index contributed by atoms with van der Waals surface area (Å²) < 4.78 is 0. The summed E-state index contributed by atoms with van der Waals surface area (Å²) >= 11 is 1.29. The topological polar surface area (TPSA) is 98.3 Å². The van der Waals surface area contributed by atoms with Crippen molar-refractivity contribution >= 4 is 29.1 Å². The van der Waals surface area contributed by atoms with Crippen molar-refractivity contribution in [3.05, 3.63) is 21.9 Å². The fourth-order valence-electron chi connectivity index (χ4n) is 3.87. The van der Waals surface area contributed by atoms with Crippen molar-refractivity contribution in [1.82, 2.24) is 10.9 Å². The molecule has 2 saturated carbocycles. The van der Waals surface area contributed by atoms with E-state index in [4.69, 9.17) is 0 Å². The largest absolute Gasteiger partial charge is 0.550 e. The first-order valence-corrected chi connectivity index (χ1v) is 8.22. The Hall–Kier alpha value is -1.89. The van der Waals surface area contributed by atoms with Crippen molar-refractivity contribution in [2.24, 2.45) is 23.7 Å². The van der Waals surface area contributed by atoms with Crippen molar-refractivity contribution in [3.8, 4) is 0 Å². The van der Waals surface area contributed by atoms with E-state index < -0.39 is 23.7 Å². The van der Waals surface area contributed by atoms with Gasteiger partial charge in [-0.15, -0.1) is 11.3 Å². The van der Waals surface area contributed by atoms with Crippen LogP contribution >= 0.6 is 11.3 Å². The Kier molecular flexibility index (Phi) is 3.90. The molecule has 2 bridgehead atoms. The highest BCUT2D eigenvalue weighted by molar-refractivity contribution is 7.12. The Balaban J connectivity index is 1.63. The molecule has 1 aromatic rings. The van der Waals surface area contributed by atoms with Crippen LogP contribution in [0.5, 0.6) is 0 Å². The number of hydrazine groups is 1. The predicted octanol–water partition coefficient (Wildman–Crippen LogP) is 0.230. The number of fused-ring (bicyclic) bond motifs is 2. The molecular weight excluding hydrogens is 304 g/mol. The third-order valence-corrected chi connectivity index (χ3v) is 5.87. The van der Waals surface area contributed by atoms with Gasteiger partial charge < -0.3 is 9.90 Å². The molecule has 7 heteroatoms. The van der Waals surface area contributed by atoms with Gasteiger partial charge in [-0.1, -0.05) is 0 Å². The Morgan fingerprint density at radius 1 is 1.18 bits per heavy atom. The lowest BCUT2D eigenvalue weighted by Crippen LogP contribution is -2.50. The van der Waals surface area contributed by atoms with Gasteiger partial charge in [0, 0.05) is 11.9 Å². The molecule has 0 saturated heterocycles. The first-order valence-electron chi connectivity index (χ1n) is 7.34. The molecule has 0 aromatic carbocycles. The third kappa shape index (κ3) is 2.49. The minimum Gasteiger partial charge on any atom is -0.550 e. The second-order valence-corrected chi connectivity index (χ2v) is 7.00. The number of carboxylic acid groups (broad SMARTS) is 1. The van der Waals surface area contributed by atoms with E-state index in [0.717, 1.165) is 24.8 Å². The van der Waals surface area contributed by atoms with Gasteiger partial charge in [0.1, 0.15) is 0 Å². The van der Waals surface area contributed by atoms with Crippen LogP contribution in [0.15, 0.2) is 11.4 Å². The second-order valence-electron chi connectivity index (χ2n) is 6.08. The van der Waals surface area contributed by atoms with E-state index in [-0.39, 0.29) is 17.7 Å². The highest BCUT2D eigenvalue weighted by atomic mass is 32.1. The lowest BCUT2D eigenvalue weighted by atomic mass is 9.79. The maximum absolute atomic E-state index is 12.3. The van der Waals surface area contributed by atoms with Crippen LogP contribution in [-0.4, -0.2) is 17.8 Å². The molecule has 22 heavy (non-hydrogen) atoms. The van der Waals surface area contributed by atoms with Crippen LogP contribution < -0.4 is 16.0 Å². The summed E-state index contributed by atoms with van der Waals surface area (Å²) in [7, 11) is 0. The van der Waals surface area contributed by atoms with Crippen molar-refractivity contribution in [2.75, 3.05) is 0 Å². The van der Waals surface area contributed by atoms with Gasteiger partial charge in [-0.2, -0.15) is 0 Å². The molecule has 3 rings (SSSR count). The lowest BCUT2D eigenvalue weighted by Gasteiger charge is -2.30. The first-order chi connectivity index (χ1) is 10.5. The smallest absolute Gasteiger partial charge is 0.280 e. The molecule has 0 unspecified atom stereocenters. The molecule has 2 aliphatic carbocycles. The fraction of sp³-hybridized carbons (Fsp3) is 0.533. The zero-order valence-corrected chi connectivity index (χ0v) is 12.9. The Labute approximate surface area is 131 Å². The summed E-state index contributed by atoms with van der Waals surface area (Å²) in [6.45, 7) is 1.81. The average Bonchev–Trinajstić information content (AvgIpc) is 3.18. The average molecular weight is 321 g/mol. The summed E-state index contributed by atoms with van der Waals surface area (Å²) in [5.74, 6) is -3.20. The number of hydrogen-bond acceptors (Lipinski definition) is 5. The summed E-state index contributed by atoms with van der Waals surface area (Å²) in [6, 6.07) is 1.82. The fourth-order valence-corrected chi connectivity index (χ4v) is 4.69. The van der Waals surface area contributed by atoms with Gasteiger partial charge >= 0.3 is 0 Å². The number of rotatable bonds is 3. The molecule has 4 atom stereocenters. The summed E-state index contributed by atoms with van der Waals surface area (Å²) in [5, 5.41) is 13.1. The molecule has 2 aliphatic rings. The van der Waals surface area contributed by atoms with Crippen LogP contribution in [0.3, 0.4) is 0 Å². The quantitative estimate of drug-likeness (QED) is 0.779. The molecule has 1 aromatic heterocycles. The normalized spacial score (nSPS) is 29.3. The summed E-state index contributed by atoms with van der Waals surface area (Å²) in [4.78, 5) is 36.1. The van der Waals surface area contributed by atoms with Gasteiger partial charge in [0.2, 0.25) is 5.91 Å². The number of nitrogens with one attached hydrogen (secondary N) is 2. The van der Waals surface area contributed by atoms with Gasteiger partial charge in [0.05, 0.1) is 10.8 Å². The summed E-state index contributed by atoms with van der Waals surface area (Å²) in [5.41, 5.74) is 5.60. The number of carbonyl (C=O) groups is 3. The van der Waals surface area contributed by atoms with Crippen LogP contribution in [0, 0.1) is 30.6 Å². The zero-order chi connectivity index (χ0) is 15.9. The molecule has 1 heterocycles. The summed E-state index contributed by atoms with van der Waals surface area (Å²) in [6.07, 6.45) is 2.47. The molecule has 2 N–H and O–H groups in total. The number of carbonyl (C=O) groups excluding carboxylic acids is 3. The highest BCUT2D eigenvalue weighted by Crippen LogP contribution is 2.52. The minimum atomic E-state index is -1.16. The van der Waals surface area contributed by atoms with E-state index in [1.807, 2.05) is 13.0 Å².